The fourth-order valence-electron chi connectivity index (χ4n) is 4.10. The van der Waals surface area contributed by atoms with Crippen molar-refractivity contribution >= 4 is 5.91 Å². The first-order valence-electron chi connectivity index (χ1n) is 10.0. The molecule has 1 saturated carbocycles. The zero-order valence-corrected chi connectivity index (χ0v) is 15.6. The van der Waals surface area contributed by atoms with E-state index < -0.39 is 0 Å². The fraction of sp³-hybridized carbons (Fsp3) is 0.667. The molecule has 0 spiro atoms. The Kier molecular flexibility index (Phi) is 6.88. The van der Waals surface area contributed by atoms with Crippen LogP contribution in [0.5, 0.6) is 0 Å². The number of rotatable bonds is 6. The molecule has 0 bridgehead atoms. The summed E-state index contributed by atoms with van der Waals surface area (Å²) in [5.74, 6) is 0.912. The van der Waals surface area contributed by atoms with E-state index in [2.05, 4.69) is 52.4 Å². The Balaban J connectivity index is 1.38. The second-order valence-corrected chi connectivity index (χ2v) is 7.72. The Morgan fingerprint density at radius 1 is 1.08 bits per heavy atom. The standard InChI is InChI=1S/C21H33N3O/c1-18(21(25)22-16-19-8-4-2-5-9-19)24-14-12-23(13-15-24)17-20-10-6-3-7-11-20/h3,6-7,10-11,18-19H,2,4-5,8-9,12-17H2,1H3,(H,22,25). The zero-order chi connectivity index (χ0) is 17.5. The molecule has 1 atom stereocenters. The summed E-state index contributed by atoms with van der Waals surface area (Å²) in [6.07, 6.45) is 6.60. The number of carbonyl (C=O) groups excluding carboxylic acids is 1. The Labute approximate surface area is 152 Å². The molecule has 4 heteroatoms. The van der Waals surface area contributed by atoms with Gasteiger partial charge in [-0.2, -0.15) is 0 Å². The molecule has 0 aromatic heterocycles. The molecule has 3 rings (SSSR count). The molecule has 25 heavy (non-hydrogen) atoms. The van der Waals surface area contributed by atoms with E-state index in [1.54, 1.807) is 0 Å². The summed E-state index contributed by atoms with van der Waals surface area (Å²) in [6, 6.07) is 10.6. The molecule has 1 aliphatic carbocycles. The molecule has 2 aliphatic rings. The van der Waals surface area contributed by atoms with Gasteiger partial charge >= 0.3 is 0 Å². The monoisotopic (exact) mass is 343 g/mol. The van der Waals surface area contributed by atoms with Crippen LogP contribution >= 0.6 is 0 Å². The summed E-state index contributed by atoms with van der Waals surface area (Å²) in [5.41, 5.74) is 1.37. The van der Waals surface area contributed by atoms with Crippen molar-refractivity contribution in [2.45, 2.75) is 51.6 Å². The van der Waals surface area contributed by atoms with Crippen LogP contribution in [0.25, 0.3) is 0 Å². The molecule has 1 aliphatic heterocycles. The minimum atomic E-state index is -0.0116. The van der Waals surface area contributed by atoms with Crippen molar-refractivity contribution in [3.05, 3.63) is 35.9 Å². The third kappa shape index (κ3) is 5.55. The van der Waals surface area contributed by atoms with Gasteiger partial charge in [0.2, 0.25) is 5.91 Å². The predicted molar refractivity (Wildman–Crippen MR) is 102 cm³/mol. The highest BCUT2D eigenvalue weighted by atomic mass is 16.2. The van der Waals surface area contributed by atoms with Gasteiger partial charge in [0.1, 0.15) is 0 Å². The summed E-state index contributed by atoms with van der Waals surface area (Å²) in [6.45, 7) is 7.97. The van der Waals surface area contributed by atoms with Gasteiger partial charge in [0.25, 0.3) is 0 Å². The zero-order valence-electron chi connectivity index (χ0n) is 15.6. The maximum absolute atomic E-state index is 12.5. The van der Waals surface area contributed by atoms with E-state index in [0.29, 0.717) is 5.92 Å². The van der Waals surface area contributed by atoms with Crippen LogP contribution in [0.4, 0.5) is 0 Å². The Hall–Kier alpha value is -1.39. The molecule has 1 saturated heterocycles. The lowest BCUT2D eigenvalue weighted by Crippen LogP contribution is -2.54. The quantitative estimate of drug-likeness (QED) is 0.863. The van der Waals surface area contributed by atoms with E-state index in [0.717, 1.165) is 39.3 Å². The lowest BCUT2D eigenvalue weighted by molar-refractivity contribution is -0.126. The number of hydrogen-bond acceptors (Lipinski definition) is 3. The molecule has 4 nitrogen and oxygen atoms in total. The van der Waals surface area contributed by atoms with E-state index in [-0.39, 0.29) is 11.9 Å². The van der Waals surface area contributed by atoms with Crippen LogP contribution in [-0.2, 0) is 11.3 Å². The van der Waals surface area contributed by atoms with Crippen LogP contribution in [0.2, 0.25) is 0 Å². The molecule has 2 fully saturated rings. The van der Waals surface area contributed by atoms with Gasteiger partial charge in [-0.1, -0.05) is 49.6 Å². The average Bonchev–Trinajstić information content (AvgIpc) is 2.68. The number of benzene rings is 1. The predicted octanol–water partition coefficient (Wildman–Crippen LogP) is 2.89. The molecule has 1 unspecified atom stereocenters. The number of hydrogen-bond donors (Lipinski definition) is 1. The first kappa shape index (κ1) is 18.4. The summed E-state index contributed by atoms with van der Waals surface area (Å²) < 4.78 is 0. The number of piperazine rings is 1. The number of nitrogens with zero attached hydrogens (tertiary/aromatic N) is 2. The van der Waals surface area contributed by atoms with Gasteiger partial charge in [-0.25, -0.2) is 0 Å². The molecular weight excluding hydrogens is 310 g/mol. The van der Waals surface area contributed by atoms with Crippen molar-refractivity contribution in [1.82, 2.24) is 15.1 Å². The minimum Gasteiger partial charge on any atom is -0.354 e. The maximum Gasteiger partial charge on any atom is 0.237 e. The third-order valence-corrected chi connectivity index (χ3v) is 5.87. The molecule has 138 valence electrons. The second kappa shape index (κ2) is 9.35. The smallest absolute Gasteiger partial charge is 0.237 e. The van der Waals surface area contributed by atoms with E-state index in [4.69, 9.17) is 0 Å². The Morgan fingerprint density at radius 2 is 1.76 bits per heavy atom. The normalized spacial score (nSPS) is 21.8. The summed E-state index contributed by atoms with van der Waals surface area (Å²) in [7, 11) is 0. The van der Waals surface area contributed by atoms with E-state index in [1.807, 2.05) is 0 Å². The highest BCUT2D eigenvalue weighted by molar-refractivity contribution is 5.81. The number of nitrogens with one attached hydrogen (secondary N) is 1. The van der Waals surface area contributed by atoms with Gasteiger partial charge in [-0.3, -0.25) is 14.6 Å². The van der Waals surface area contributed by atoms with Crippen molar-refractivity contribution in [1.29, 1.82) is 0 Å². The highest BCUT2D eigenvalue weighted by Gasteiger charge is 2.26. The van der Waals surface area contributed by atoms with Crippen LogP contribution in [0.15, 0.2) is 30.3 Å². The van der Waals surface area contributed by atoms with Crippen molar-refractivity contribution in [2.24, 2.45) is 5.92 Å². The summed E-state index contributed by atoms with van der Waals surface area (Å²) in [4.78, 5) is 17.3. The first-order chi connectivity index (χ1) is 12.2. The van der Waals surface area contributed by atoms with Gasteiger partial charge < -0.3 is 5.32 Å². The second-order valence-electron chi connectivity index (χ2n) is 7.72. The van der Waals surface area contributed by atoms with Gasteiger partial charge in [0.05, 0.1) is 6.04 Å². The van der Waals surface area contributed by atoms with Gasteiger partial charge in [-0.05, 0) is 31.2 Å². The highest BCUT2D eigenvalue weighted by Crippen LogP contribution is 2.22. The van der Waals surface area contributed by atoms with Crippen molar-refractivity contribution in [3.8, 4) is 0 Å². The van der Waals surface area contributed by atoms with Gasteiger partial charge in [-0.15, -0.1) is 0 Å². The van der Waals surface area contributed by atoms with Gasteiger partial charge in [0.15, 0.2) is 0 Å². The molecule has 1 aromatic carbocycles. The molecule has 1 heterocycles. The van der Waals surface area contributed by atoms with E-state index >= 15 is 0 Å². The van der Waals surface area contributed by atoms with Crippen LogP contribution in [-0.4, -0.2) is 54.5 Å². The molecular formula is C21H33N3O. The SMILES string of the molecule is CC(C(=O)NCC1CCCCC1)N1CCN(Cc2ccccc2)CC1. The molecule has 0 radical (unpaired) electrons. The van der Waals surface area contributed by atoms with Crippen LogP contribution in [0, 0.1) is 5.92 Å². The summed E-state index contributed by atoms with van der Waals surface area (Å²) >= 11 is 0. The van der Waals surface area contributed by atoms with Crippen molar-refractivity contribution in [3.63, 3.8) is 0 Å². The van der Waals surface area contributed by atoms with Gasteiger partial charge in [0, 0.05) is 39.3 Å². The van der Waals surface area contributed by atoms with Crippen LogP contribution in [0.3, 0.4) is 0 Å². The molecule has 1 aromatic rings. The molecule has 1 N–H and O–H groups in total. The average molecular weight is 344 g/mol. The van der Waals surface area contributed by atoms with Crippen molar-refractivity contribution < 1.29 is 4.79 Å². The summed E-state index contributed by atoms with van der Waals surface area (Å²) in [5, 5.41) is 3.21. The Bertz CT molecular complexity index is 519. The Morgan fingerprint density at radius 3 is 2.44 bits per heavy atom. The maximum atomic E-state index is 12.5. The number of carbonyl (C=O) groups is 1. The van der Waals surface area contributed by atoms with Crippen LogP contribution in [0.1, 0.15) is 44.6 Å². The van der Waals surface area contributed by atoms with Crippen LogP contribution < -0.4 is 5.32 Å². The topological polar surface area (TPSA) is 35.6 Å². The first-order valence-corrected chi connectivity index (χ1v) is 10.0. The fourth-order valence-corrected chi connectivity index (χ4v) is 4.10. The lowest BCUT2D eigenvalue weighted by Gasteiger charge is -2.37. The van der Waals surface area contributed by atoms with E-state index in [9.17, 15) is 4.79 Å². The third-order valence-electron chi connectivity index (χ3n) is 5.87. The minimum absolute atomic E-state index is 0.0116. The van der Waals surface area contributed by atoms with Crippen molar-refractivity contribution in [2.75, 3.05) is 32.7 Å². The largest absolute Gasteiger partial charge is 0.354 e. The lowest BCUT2D eigenvalue weighted by atomic mass is 9.89. The van der Waals surface area contributed by atoms with E-state index in [1.165, 1.54) is 37.7 Å². The number of amides is 1. The molecule has 1 amide bonds.